The molecule has 184 valence electrons. The molecule has 0 radical (unpaired) electrons. The van der Waals surface area contributed by atoms with Gasteiger partial charge in [0.15, 0.2) is 5.11 Å². The van der Waals surface area contributed by atoms with Crippen molar-refractivity contribution in [3.05, 3.63) is 125 Å². The quantitative estimate of drug-likeness (QED) is 0.259. The molecule has 1 N–H and O–H groups in total. The van der Waals surface area contributed by atoms with Crippen LogP contribution in [0.4, 0.5) is 5.69 Å². The molecule has 6 rings (SSSR count). The summed E-state index contributed by atoms with van der Waals surface area (Å²) < 4.78 is 2.38. The van der Waals surface area contributed by atoms with Gasteiger partial charge in [0.05, 0.1) is 23.5 Å². The van der Waals surface area contributed by atoms with Crippen molar-refractivity contribution in [1.82, 2.24) is 14.9 Å². The van der Waals surface area contributed by atoms with Crippen molar-refractivity contribution in [2.45, 2.75) is 39.8 Å². The van der Waals surface area contributed by atoms with E-state index in [0.29, 0.717) is 0 Å². The Kier molecular flexibility index (Phi) is 5.81. The van der Waals surface area contributed by atoms with Crippen LogP contribution in [0.15, 0.2) is 91.1 Å². The topological polar surface area (TPSA) is 33.1 Å². The van der Waals surface area contributed by atoms with Crippen LogP contribution >= 0.6 is 12.2 Å². The summed E-state index contributed by atoms with van der Waals surface area (Å²) in [5, 5.41) is 6.82. The zero-order chi connectivity index (χ0) is 25.7. The highest BCUT2D eigenvalue weighted by molar-refractivity contribution is 7.80. The lowest BCUT2D eigenvalue weighted by Gasteiger charge is -2.29. The van der Waals surface area contributed by atoms with Crippen LogP contribution in [-0.2, 0) is 0 Å². The Hall–Kier alpha value is -3.96. The second-order valence-corrected chi connectivity index (χ2v) is 10.4. The van der Waals surface area contributed by atoms with Crippen LogP contribution in [-0.4, -0.2) is 14.7 Å². The summed E-state index contributed by atoms with van der Waals surface area (Å²) in [6, 6.07) is 30.0. The van der Waals surface area contributed by atoms with Crippen molar-refractivity contribution in [3.63, 3.8) is 0 Å². The number of rotatable bonds is 4. The molecular formula is C32H30N4S. The first kappa shape index (κ1) is 23.4. The van der Waals surface area contributed by atoms with Crippen molar-refractivity contribution < 1.29 is 0 Å². The number of fused-ring (bicyclic) bond motifs is 1. The van der Waals surface area contributed by atoms with E-state index in [4.69, 9.17) is 17.2 Å². The first-order valence-corrected chi connectivity index (χ1v) is 13.1. The average Bonchev–Trinajstić information content (AvgIpc) is 3.38. The Balaban J connectivity index is 1.56. The standard InChI is InChI=1S/C32H30N4S/c1-20-16-21(2)18-25(17-20)36-31(30(34-32(36)37)28-13-7-8-15-33-28)27-19-22(3)35(23(27)4)29-14-9-11-24-10-5-6-12-26(24)29/h5-19,30-31H,1-4H3,(H,34,37). The molecular weight excluding hydrogens is 472 g/mol. The van der Waals surface area contributed by atoms with Gasteiger partial charge in [0, 0.05) is 28.7 Å². The molecule has 1 aliphatic heterocycles. The summed E-state index contributed by atoms with van der Waals surface area (Å²) in [6.07, 6.45) is 1.86. The van der Waals surface area contributed by atoms with E-state index in [1.54, 1.807) is 0 Å². The molecule has 3 aromatic carbocycles. The van der Waals surface area contributed by atoms with Crippen LogP contribution in [0.5, 0.6) is 0 Å². The zero-order valence-corrected chi connectivity index (χ0v) is 22.4. The maximum absolute atomic E-state index is 5.98. The minimum absolute atomic E-state index is 0.0430. The summed E-state index contributed by atoms with van der Waals surface area (Å²) in [5.41, 5.74) is 9.37. The van der Waals surface area contributed by atoms with Gasteiger partial charge in [-0.05, 0) is 98.4 Å². The fraction of sp³-hybridized carbons (Fsp3) is 0.188. The van der Waals surface area contributed by atoms with E-state index < -0.39 is 0 Å². The molecule has 0 amide bonds. The minimum Gasteiger partial charge on any atom is -0.351 e. The molecule has 37 heavy (non-hydrogen) atoms. The molecule has 1 saturated heterocycles. The number of anilines is 1. The number of thiocarbonyl (C=S) groups is 1. The van der Waals surface area contributed by atoms with Gasteiger partial charge in [-0.15, -0.1) is 0 Å². The van der Waals surface area contributed by atoms with Gasteiger partial charge in [-0.2, -0.15) is 0 Å². The first-order valence-electron chi connectivity index (χ1n) is 12.7. The van der Waals surface area contributed by atoms with Gasteiger partial charge in [-0.1, -0.05) is 48.5 Å². The minimum atomic E-state index is -0.0732. The lowest BCUT2D eigenvalue weighted by molar-refractivity contribution is 0.565. The average molecular weight is 503 g/mol. The molecule has 5 aromatic rings. The number of nitrogens with one attached hydrogen (secondary N) is 1. The number of nitrogens with zero attached hydrogens (tertiary/aromatic N) is 3. The zero-order valence-electron chi connectivity index (χ0n) is 21.6. The molecule has 0 saturated carbocycles. The Morgan fingerprint density at radius 3 is 2.30 bits per heavy atom. The maximum Gasteiger partial charge on any atom is 0.174 e. The Morgan fingerprint density at radius 2 is 1.54 bits per heavy atom. The Labute approximate surface area is 223 Å². The summed E-state index contributed by atoms with van der Waals surface area (Å²) in [7, 11) is 0. The SMILES string of the molecule is Cc1cc(C)cc(N2C(=S)NC(c3ccccn3)C2c2cc(C)n(-c3cccc4ccccc34)c2C)c1. The third kappa shape index (κ3) is 4.00. The smallest absolute Gasteiger partial charge is 0.174 e. The van der Waals surface area contributed by atoms with Gasteiger partial charge in [0.1, 0.15) is 0 Å². The lowest BCUT2D eigenvalue weighted by Crippen LogP contribution is -2.29. The molecule has 4 nitrogen and oxygen atoms in total. The number of hydrogen-bond acceptors (Lipinski definition) is 2. The van der Waals surface area contributed by atoms with Gasteiger partial charge >= 0.3 is 0 Å². The highest BCUT2D eigenvalue weighted by atomic mass is 32.1. The van der Waals surface area contributed by atoms with Crippen LogP contribution in [0, 0.1) is 27.7 Å². The molecule has 3 heterocycles. The predicted molar refractivity (Wildman–Crippen MR) is 157 cm³/mol. The van der Waals surface area contributed by atoms with Crippen molar-refractivity contribution in [2.75, 3.05) is 4.90 Å². The highest BCUT2D eigenvalue weighted by Gasteiger charge is 2.42. The Morgan fingerprint density at radius 1 is 0.811 bits per heavy atom. The van der Waals surface area contributed by atoms with Crippen LogP contribution < -0.4 is 10.2 Å². The second-order valence-electron chi connectivity index (χ2n) is 10.0. The van der Waals surface area contributed by atoms with Gasteiger partial charge in [0.25, 0.3) is 0 Å². The molecule has 2 unspecified atom stereocenters. The van der Waals surface area contributed by atoms with E-state index >= 15 is 0 Å². The third-order valence-electron chi connectivity index (χ3n) is 7.38. The van der Waals surface area contributed by atoms with Crippen LogP contribution in [0.1, 0.15) is 45.9 Å². The van der Waals surface area contributed by atoms with Crippen LogP contribution in [0.2, 0.25) is 0 Å². The number of pyridine rings is 1. The van der Waals surface area contributed by atoms with Crippen molar-refractivity contribution in [2.24, 2.45) is 0 Å². The summed E-state index contributed by atoms with van der Waals surface area (Å²) in [4.78, 5) is 7.02. The predicted octanol–water partition coefficient (Wildman–Crippen LogP) is 7.44. The molecule has 1 aliphatic rings. The van der Waals surface area contributed by atoms with Gasteiger partial charge in [-0.25, -0.2) is 0 Å². The molecule has 2 atom stereocenters. The third-order valence-corrected chi connectivity index (χ3v) is 7.69. The number of aromatic nitrogens is 2. The second kappa shape index (κ2) is 9.16. The molecule has 0 bridgehead atoms. The lowest BCUT2D eigenvalue weighted by atomic mass is 9.96. The van der Waals surface area contributed by atoms with E-state index in [0.717, 1.165) is 16.5 Å². The van der Waals surface area contributed by atoms with Crippen molar-refractivity contribution in [1.29, 1.82) is 0 Å². The summed E-state index contributed by atoms with van der Waals surface area (Å²) in [5.74, 6) is 0. The Bertz CT molecular complexity index is 1610. The van der Waals surface area contributed by atoms with Gasteiger partial charge in [0.2, 0.25) is 0 Å². The van der Waals surface area contributed by atoms with E-state index in [2.05, 4.69) is 115 Å². The van der Waals surface area contributed by atoms with Gasteiger partial charge < -0.3 is 14.8 Å². The fourth-order valence-corrected chi connectivity index (χ4v) is 6.25. The number of hydrogen-bond donors (Lipinski definition) is 1. The number of benzene rings is 3. The van der Waals surface area contributed by atoms with Crippen molar-refractivity contribution in [3.8, 4) is 5.69 Å². The monoisotopic (exact) mass is 502 g/mol. The van der Waals surface area contributed by atoms with E-state index in [9.17, 15) is 0 Å². The van der Waals surface area contributed by atoms with Crippen LogP contribution in [0.3, 0.4) is 0 Å². The fourth-order valence-electron chi connectivity index (χ4n) is 5.90. The van der Waals surface area contributed by atoms with E-state index in [1.165, 1.54) is 44.5 Å². The molecule has 0 aliphatic carbocycles. The first-order chi connectivity index (χ1) is 17.9. The van der Waals surface area contributed by atoms with Crippen molar-refractivity contribution >= 4 is 33.8 Å². The molecule has 5 heteroatoms. The highest BCUT2D eigenvalue weighted by Crippen LogP contribution is 2.44. The summed E-state index contributed by atoms with van der Waals surface area (Å²) >= 11 is 5.98. The van der Waals surface area contributed by atoms with Gasteiger partial charge in [-0.3, -0.25) is 4.98 Å². The molecule has 1 fully saturated rings. The normalized spacial score (nSPS) is 17.4. The summed E-state index contributed by atoms with van der Waals surface area (Å²) in [6.45, 7) is 8.69. The maximum atomic E-state index is 5.98. The molecule has 2 aromatic heterocycles. The molecule has 0 spiro atoms. The van der Waals surface area contributed by atoms with E-state index in [-0.39, 0.29) is 12.1 Å². The van der Waals surface area contributed by atoms with Crippen LogP contribution in [0.25, 0.3) is 16.5 Å². The largest absolute Gasteiger partial charge is 0.351 e. The number of aryl methyl sites for hydroxylation is 3. The van der Waals surface area contributed by atoms with E-state index in [1.807, 2.05) is 18.3 Å².